The molecule has 0 aliphatic rings. The highest BCUT2D eigenvalue weighted by Gasteiger charge is 2.21. The van der Waals surface area contributed by atoms with Crippen LogP contribution in [0.25, 0.3) is 17.2 Å². The van der Waals surface area contributed by atoms with Crippen LogP contribution in [0.4, 0.5) is 10.2 Å². The number of aromatic nitrogens is 4. The molecule has 2 N–H and O–H groups in total. The summed E-state index contributed by atoms with van der Waals surface area (Å²) < 4.78 is 38.7. The first-order valence-corrected chi connectivity index (χ1v) is 5.83. The smallest absolute Gasteiger partial charge is 0.379 e. The van der Waals surface area contributed by atoms with Gasteiger partial charge in [0.2, 0.25) is 5.82 Å². The SMILES string of the molecule is [2H]c1cc(F)c(Br)c([2H])c1-n1c(-c2nonc2N)noc1=O. The number of nitrogens with two attached hydrogens (primary N) is 1. The van der Waals surface area contributed by atoms with Crippen LogP contribution in [0.5, 0.6) is 0 Å². The molecule has 0 atom stereocenters. The van der Waals surface area contributed by atoms with E-state index in [1.807, 2.05) is 0 Å². The first-order chi connectivity index (χ1) is 10.4. The second-order valence-corrected chi connectivity index (χ2v) is 4.32. The Labute approximate surface area is 120 Å². The fourth-order valence-corrected chi connectivity index (χ4v) is 1.76. The van der Waals surface area contributed by atoms with Crippen molar-refractivity contribution in [3.05, 3.63) is 39.0 Å². The van der Waals surface area contributed by atoms with Gasteiger partial charge in [-0.05, 0) is 44.4 Å². The van der Waals surface area contributed by atoms with Gasteiger partial charge < -0.3 is 5.73 Å². The first-order valence-electron chi connectivity index (χ1n) is 6.04. The van der Waals surface area contributed by atoms with Crippen LogP contribution >= 0.6 is 15.9 Å². The lowest BCUT2D eigenvalue weighted by Gasteiger charge is -2.03. The number of anilines is 1. The average molecular weight is 344 g/mol. The zero-order valence-electron chi connectivity index (χ0n) is 11.4. The van der Waals surface area contributed by atoms with Crippen LogP contribution < -0.4 is 11.5 Å². The molecule has 0 amide bonds. The molecular formula is C10H5BrFN5O3. The molecule has 0 spiro atoms. The topological polar surface area (TPSA) is 113 Å². The molecule has 0 bridgehead atoms. The van der Waals surface area contributed by atoms with Crippen LogP contribution in [0, 0.1) is 5.82 Å². The molecule has 0 radical (unpaired) electrons. The monoisotopic (exact) mass is 343 g/mol. The van der Waals surface area contributed by atoms with Gasteiger partial charge in [0.25, 0.3) is 0 Å². The minimum Gasteiger partial charge on any atom is -0.379 e. The predicted molar refractivity (Wildman–Crippen MR) is 67.5 cm³/mol. The van der Waals surface area contributed by atoms with Crippen LogP contribution in [0.2, 0.25) is 0 Å². The van der Waals surface area contributed by atoms with Crippen molar-refractivity contribution in [3.63, 3.8) is 0 Å². The Morgan fingerprint density at radius 3 is 2.95 bits per heavy atom. The molecule has 0 saturated carbocycles. The Morgan fingerprint density at radius 1 is 1.45 bits per heavy atom. The molecule has 8 nitrogen and oxygen atoms in total. The molecule has 1 aromatic carbocycles. The molecule has 0 aliphatic carbocycles. The maximum absolute atomic E-state index is 13.5. The van der Waals surface area contributed by atoms with E-state index in [0.29, 0.717) is 0 Å². The van der Waals surface area contributed by atoms with Gasteiger partial charge in [-0.25, -0.2) is 18.4 Å². The minimum atomic E-state index is -1.00. The zero-order chi connectivity index (χ0) is 16.0. The van der Waals surface area contributed by atoms with Gasteiger partial charge in [-0.2, -0.15) is 0 Å². The maximum Gasteiger partial charge on any atom is 0.446 e. The highest BCUT2D eigenvalue weighted by molar-refractivity contribution is 9.10. The highest BCUT2D eigenvalue weighted by atomic mass is 79.9. The summed E-state index contributed by atoms with van der Waals surface area (Å²) in [7, 11) is 0. The molecule has 3 rings (SSSR count). The molecular weight excluding hydrogens is 337 g/mol. The molecule has 2 heterocycles. The molecule has 102 valence electrons. The van der Waals surface area contributed by atoms with Crippen molar-refractivity contribution in [1.82, 2.24) is 20.0 Å². The van der Waals surface area contributed by atoms with Crippen LogP contribution in [0.1, 0.15) is 2.74 Å². The quantitative estimate of drug-likeness (QED) is 0.747. The first kappa shape index (κ1) is 10.3. The maximum atomic E-state index is 13.5. The third-order valence-electron chi connectivity index (χ3n) is 2.33. The number of hydrogen-bond donors (Lipinski definition) is 1. The highest BCUT2D eigenvalue weighted by Crippen LogP contribution is 2.24. The minimum absolute atomic E-state index is 0.106. The van der Waals surface area contributed by atoms with Gasteiger partial charge in [0, 0.05) is 0 Å². The van der Waals surface area contributed by atoms with E-state index in [9.17, 15) is 9.18 Å². The van der Waals surface area contributed by atoms with E-state index in [0.717, 1.165) is 10.6 Å². The summed E-state index contributed by atoms with van der Waals surface area (Å²) in [5.41, 5.74) is 5.17. The standard InChI is InChI=1S/C10H5BrFN5O3/c11-5-3-4(1-2-6(5)12)17-9(16-19-10(17)18)7-8(13)15-20-14-7/h1-3H,(H2,13,15)/i1D,3D. The molecule has 0 aliphatic heterocycles. The van der Waals surface area contributed by atoms with Crippen molar-refractivity contribution in [3.8, 4) is 17.2 Å². The van der Waals surface area contributed by atoms with Gasteiger partial charge in [-0.15, -0.1) is 0 Å². The molecule has 20 heavy (non-hydrogen) atoms. The summed E-state index contributed by atoms with van der Waals surface area (Å²) in [6.07, 6.45) is 0. The van der Waals surface area contributed by atoms with Gasteiger partial charge in [0.1, 0.15) is 5.82 Å². The summed E-state index contributed by atoms with van der Waals surface area (Å²) in [5, 5.41) is 10.3. The number of nitrogen functional groups attached to an aromatic ring is 1. The van der Waals surface area contributed by atoms with Gasteiger partial charge in [0.15, 0.2) is 11.5 Å². The molecule has 2 aromatic heterocycles. The summed E-state index contributed by atoms with van der Waals surface area (Å²) in [6, 6.07) is -0.0238. The van der Waals surface area contributed by atoms with Crippen LogP contribution in [0.3, 0.4) is 0 Å². The van der Waals surface area contributed by atoms with Crippen molar-refractivity contribution in [2.45, 2.75) is 0 Å². The summed E-state index contributed by atoms with van der Waals surface area (Å²) >= 11 is 2.88. The molecule has 3 aromatic rings. The van der Waals surface area contributed by atoms with E-state index < -0.39 is 23.7 Å². The number of halogens is 2. The van der Waals surface area contributed by atoms with Crippen molar-refractivity contribution in [2.75, 3.05) is 5.73 Å². The number of rotatable bonds is 2. The third-order valence-corrected chi connectivity index (χ3v) is 2.90. The summed E-state index contributed by atoms with van der Waals surface area (Å²) in [4.78, 5) is 11.9. The second-order valence-electron chi connectivity index (χ2n) is 3.53. The second kappa shape index (κ2) is 4.56. The van der Waals surface area contributed by atoms with Crippen molar-refractivity contribution >= 4 is 21.7 Å². The van der Waals surface area contributed by atoms with Crippen LogP contribution in [0.15, 0.2) is 36.6 Å². The number of nitrogens with zero attached hydrogens (tertiary/aromatic N) is 4. The van der Waals surface area contributed by atoms with E-state index in [1.54, 1.807) is 0 Å². The largest absolute Gasteiger partial charge is 0.446 e. The van der Waals surface area contributed by atoms with Gasteiger partial charge in [-0.1, -0.05) is 5.16 Å². The fraction of sp³-hybridized carbons (Fsp3) is 0. The van der Waals surface area contributed by atoms with E-state index >= 15 is 0 Å². The average Bonchev–Trinajstić information content (AvgIpc) is 3.03. The Kier molecular flexibility index (Phi) is 2.35. The lowest BCUT2D eigenvalue weighted by atomic mass is 10.3. The van der Waals surface area contributed by atoms with Crippen LogP contribution in [-0.2, 0) is 0 Å². The fourth-order valence-electron chi connectivity index (χ4n) is 1.46. The van der Waals surface area contributed by atoms with E-state index in [2.05, 4.69) is 40.6 Å². The normalized spacial score (nSPS) is 12.3. The van der Waals surface area contributed by atoms with Gasteiger partial charge in [-0.3, -0.25) is 4.52 Å². The third kappa shape index (κ3) is 1.90. The Bertz CT molecular complexity index is 937. The summed E-state index contributed by atoms with van der Waals surface area (Å²) in [5.74, 6) is -2.20. The van der Waals surface area contributed by atoms with E-state index in [1.165, 1.54) is 0 Å². The van der Waals surface area contributed by atoms with E-state index in [4.69, 9.17) is 8.48 Å². The molecule has 0 unspecified atom stereocenters. The van der Waals surface area contributed by atoms with Crippen molar-refractivity contribution in [2.24, 2.45) is 0 Å². The van der Waals surface area contributed by atoms with Crippen LogP contribution in [-0.4, -0.2) is 20.0 Å². The lowest BCUT2D eigenvalue weighted by Crippen LogP contribution is -2.13. The number of hydrogen-bond acceptors (Lipinski definition) is 7. The van der Waals surface area contributed by atoms with Gasteiger partial charge >= 0.3 is 5.76 Å². The molecule has 10 heteroatoms. The summed E-state index contributed by atoms with van der Waals surface area (Å²) in [6.45, 7) is 0. The Morgan fingerprint density at radius 2 is 2.25 bits per heavy atom. The lowest BCUT2D eigenvalue weighted by molar-refractivity contribution is 0.310. The number of benzene rings is 1. The Hall–Kier alpha value is -2.49. The van der Waals surface area contributed by atoms with Crippen molar-refractivity contribution < 1.29 is 16.3 Å². The van der Waals surface area contributed by atoms with Gasteiger partial charge in [0.05, 0.1) is 12.9 Å². The molecule has 0 fully saturated rings. The van der Waals surface area contributed by atoms with Crippen molar-refractivity contribution in [1.29, 1.82) is 0 Å². The predicted octanol–water partition coefficient (Wildman–Crippen LogP) is 1.36. The Balaban J connectivity index is 2.36. The van der Waals surface area contributed by atoms with E-state index in [-0.39, 0.29) is 27.5 Å². The molecule has 0 saturated heterocycles. The zero-order valence-corrected chi connectivity index (χ0v) is 11.0.